The van der Waals surface area contributed by atoms with Crippen molar-refractivity contribution >= 4 is 0 Å². The zero-order valence-corrected chi connectivity index (χ0v) is 16.2. The summed E-state index contributed by atoms with van der Waals surface area (Å²) in [4.78, 5) is 4.48. The van der Waals surface area contributed by atoms with Crippen LogP contribution in [-0.2, 0) is 25.5 Å². The molecular formula is C19H20IrN3-. The molecule has 2 aromatic heterocycles. The molecule has 0 aliphatic heterocycles. The summed E-state index contributed by atoms with van der Waals surface area (Å²) in [7, 11) is 0. The van der Waals surface area contributed by atoms with Gasteiger partial charge in [-0.05, 0) is 16.7 Å². The van der Waals surface area contributed by atoms with Crippen LogP contribution in [0.4, 0.5) is 0 Å². The van der Waals surface area contributed by atoms with Crippen molar-refractivity contribution in [2.45, 2.75) is 33.1 Å². The molecule has 3 rings (SSSR count). The fraction of sp³-hybridized carbons (Fsp3) is 0.263. The minimum Gasteiger partial charge on any atom is -0.388 e. The third-order valence-corrected chi connectivity index (χ3v) is 3.70. The second-order valence-corrected chi connectivity index (χ2v) is 6.57. The van der Waals surface area contributed by atoms with Crippen LogP contribution in [0, 0.1) is 13.1 Å². The number of hydrogen-bond acceptors (Lipinski definition) is 2. The Morgan fingerprint density at radius 1 is 1.04 bits per heavy atom. The van der Waals surface area contributed by atoms with Crippen LogP contribution in [0.2, 0.25) is 0 Å². The molecule has 0 unspecified atom stereocenters. The summed E-state index contributed by atoms with van der Waals surface area (Å²) >= 11 is 0. The number of aryl methyl sites for hydroxylation is 1. The van der Waals surface area contributed by atoms with Crippen molar-refractivity contribution in [3.63, 3.8) is 0 Å². The van der Waals surface area contributed by atoms with Crippen LogP contribution in [-0.4, -0.2) is 14.8 Å². The SMILES string of the molecule is Cc1cc(C(C)(C)C)n[c-]c1-n1cc(-c2ccccc2)cn1.[Ir]. The van der Waals surface area contributed by atoms with Gasteiger partial charge in [0.2, 0.25) is 0 Å². The first-order chi connectivity index (χ1) is 10.4. The van der Waals surface area contributed by atoms with Crippen molar-refractivity contribution in [3.8, 4) is 16.8 Å². The Balaban J connectivity index is 0.00000192. The topological polar surface area (TPSA) is 30.7 Å². The summed E-state index contributed by atoms with van der Waals surface area (Å²) in [5.74, 6) is 0. The minimum absolute atomic E-state index is 0. The van der Waals surface area contributed by atoms with Gasteiger partial charge >= 0.3 is 0 Å². The van der Waals surface area contributed by atoms with Crippen molar-refractivity contribution in [1.29, 1.82) is 0 Å². The number of hydrogen-bond donors (Lipinski definition) is 0. The van der Waals surface area contributed by atoms with Gasteiger partial charge in [-0.2, -0.15) is 5.10 Å². The van der Waals surface area contributed by atoms with Crippen LogP contribution in [0.15, 0.2) is 48.8 Å². The third-order valence-electron chi connectivity index (χ3n) is 3.70. The zero-order valence-electron chi connectivity index (χ0n) is 13.8. The summed E-state index contributed by atoms with van der Waals surface area (Å²) in [5, 5.41) is 4.46. The Labute approximate surface area is 151 Å². The van der Waals surface area contributed by atoms with Crippen LogP contribution in [0.5, 0.6) is 0 Å². The smallest absolute Gasteiger partial charge is 0.0571 e. The van der Waals surface area contributed by atoms with E-state index >= 15 is 0 Å². The van der Waals surface area contributed by atoms with E-state index in [0.29, 0.717) is 0 Å². The van der Waals surface area contributed by atoms with Gasteiger partial charge in [0.25, 0.3) is 0 Å². The molecule has 0 saturated carbocycles. The fourth-order valence-electron chi connectivity index (χ4n) is 2.35. The third kappa shape index (κ3) is 3.77. The summed E-state index contributed by atoms with van der Waals surface area (Å²) in [6.07, 6.45) is 7.04. The molecule has 0 saturated heterocycles. The first-order valence-corrected chi connectivity index (χ1v) is 7.45. The molecule has 3 aromatic rings. The minimum atomic E-state index is 0. The van der Waals surface area contributed by atoms with Crippen molar-refractivity contribution in [2.75, 3.05) is 0 Å². The van der Waals surface area contributed by atoms with E-state index in [-0.39, 0.29) is 25.5 Å². The van der Waals surface area contributed by atoms with Gasteiger partial charge in [0.05, 0.1) is 6.20 Å². The first kappa shape index (κ1) is 17.6. The fourth-order valence-corrected chi connectivity index (χ4v) is 2.35. The summed E-state index contributed by atoms with van der Waals surface area (Å²) in [6.45, 7) is 8.55. The molecule has 1 radical (unpaired) electrons. The second-order valence-electron chi connectivity index (χ2n) is 6.57. The van der Waals surface area contributed by atoms with Gasteiger partial charge in [0.1, 0.15) is 0 Å². The van der Waals surface area contributed by atoms with Crippen molar-refractivity contribution in [1.82, 2.24) is 14.8 Å². The predicted octanol–water partition coefficient (Wildman–Crippen LogP) is 4.34. The predicted molar refractivity (Wildman–Crippen MR) is 89.1 cm³/mol. The second kappa shape index (κ2) is 6.77. The number of pyridine rings is 1. The molecule has 3 nitrogen and oxygen atoms in total. The van der Waals surface area contributed by atoms with Crippen LogP contribution < -0.4 is 0 Å². The number of rotatable bonds is 2. The monoisotopic (exact) mass is 483 g/mol. The van der Waals surface area contributed by atoms with Crippen LogP contribution in [0.1, 0.15) is 32.0 Å². The van der Waals surface area contributed by atoms with E-state index < -0.39 is 0 Å². The molecule has 121 valence electrons. The molecular weight excluding hydrogens is 462 g/mol. The van der Waals surface area contributed by atoms with Gasteiger partial charge < -0.3 is 4.98 Å². The molecule has 0 spiro atoms. The van der Waals surface area contributed by atoms with E-state index in [9.17, 15) is 0 Å². The molecule has 0 fully saturated rings. The molecule has 23 heavy (non-hydrogen) atoms. The molecule has 0 aliphatic rings. The van der Waals surface area contributed by atoms with E-state index in [1.807, 2.05) is 35.3 Å². The number of nitrogens with zero attached hydrogens (tertiary/aromatic N) is 3. The van der Waals surface area contributed by atoms with Crippen LogP contribution in [0.25, 0.3) is 16.8 Å². The van der Waals surface area contributed by atoms with Gasteiger partial charge in [-0.25, -0.2) is 0 Å². The molecule has 1 aromatic carbocycles. The Kier molecular flexibility index (Phi) is 5.18. The maximum absolute atomic E-state index is 4.48. The molecule has 0 N–H and O–H groups in total. The van der Waals surface area contributed by atoms with Crippen LogP contribution in [0.3, 0.4) is 0 Å². The molecule has 0 bridgehead atoms. The molecule has 0 amide bonds. The normalized spacial score (nSPS) is 11.1. The first-order valence-electron chi connectivity index (χ1n) is 7.45. The average molecular weight is 483 g/mol. The Morgan fingerprint density at radius 2 is 1.74 bits per heavy atom. The Bertz CT molecular complexity index is 786. The van der Waals surface area contributed by atoms with E-state index in [2.05, 4.69) is 62.2 Å². The average Bonchev–Trinajstić information content (AvgIpc) is 2.96. The summed E-state index contributed by atoms with van der Waals surface area (Å²) in [6, 6.07) is 12.4. The number of aromatic nitrogens is 3. The van der Waals surface area contributed by atoms with Crippen molar-refractivity contribution in [3.05, 3.63) is 66.2 Å². The summed E-state index contributed by atoms with van der Waals surface area (Å²) in [5.41, 5.74) is 5.35. The van der Waals surface area contributed by atoms with E-state index in [1.54, 1.807) is 0 Å². The van der Waals surface area contributed by atoms with Gasteiger partial charge in [-0.3, -0.25) is 4.68 Å². The van der Waals surface area contributed by atoms with E-state index in [1.165, 1.54) is 0 Å². The quantitative estimate of drug-likeness (QED) is 0.509. The Morgan fingerprint density at radius 3 is 2.35 bits per heavy atom. The van der Waals surface area contributed by atoms with Crippen LogP contribution >= 0.6 is 0 Å². The molecule has 0 atom stereocenters. The largest absolute Gasteiger partial charge is 0.388 e. The zero-order chi connectivity index (χ0) is 15.7. The molecule has 0 aliphatic carbocycles. The van der Waals surface area contributed by atoms with Gasteiger partial charge in [0.15, 0.2) is 0 Å². The van der Waals surface area contributed by atoms with Gasteiger partial charge in [-0.15, -0.1) is 11.6 Å². The van der Waals surface area contributed by atoms with Crippen molar-refractivity contribution in [2.24, 2.45) is 0 Å². The van der Waals surface area contributed by atoms with Gasteiger partial charge in [0, 0.05) is 31.9 Å². The van der Waals surface area contributed by atoms with Crippen molar-refractivity contribution < 1.29 is 20.1 Å². The molecule has 2 heterocycles. The maximum atomic E-state index is 4.48. The van der Waals surface area contributed by atoms with E-state index in [4.69, 9.17) is 0 Å². The molecule has 4 heteroatoms. The summed E-state index contributed by atoms with van der Waals surface area (Å²) < 4.78 is 1.84. The van der Waals surface area contributed by atoms with Gasteiger partial charge in [-0.1, -0.05) is 69.9 Å². The number of benzene rings is 1. The van der Waals surface area contributed by atoms with E-state index in [0.717, 1.165) is 28.1 Å². The Hall–Kier alpha value is -1.77. The standard InChI is InChI=1S/C19H20N3.Ir/c1-14-10-18(19(2,3)4)20-12-17(14)22-13-16(11-21-22)15-8-6-5-7-9-15;/h5-11,13H,1-4H3;/q-1;. The maximum Gasteiger partial charge on any atom is 0.0571 e.